The molecule has 0 spiro atoms. The van der Waals surface area contributed by atoms with E-state index in [4.69, 9.17) is 21.4 Å². The number of hydrogen-bond acceptors (Lipinski definition) is 4. The van der Waals surface area contributed by atoms with Crippen molar-refractivity contribution in [3.8, 4) is 5.75 Å². The number of nitrogens with one attached hydrogen (secondary N) is 1. The lowest BCUT2D eigenvalue weighted by Gasteiger charge is -2.17. The SMILES string of the molecule is Cl.O=C(O)COc1cccc(C2CCC(NCC(O)c3cccc(Cl)c3)C2)c1. The molecule has 3 rings (SSSR count). The lowest BCUT2D eigenvalue weighted by molar-refractivity contribution is -0.139. The number of carboxylic acids is 1. The Balaban J connectivity index is 0.00000280. The number of benzene rings is 2. The molecule has 3 unspecified atom stereocenters. The van der Waals surface area contributed by atoms with Crippen LogP contribution in [0.1, 0.15) is 42.4 Å². The summed E-state index contributed by atoms with van der Waals surface area (Å²) in [6.07, 6.45) is 2.47. The summed E-state index contributed by atoms with van der Waals surface area (Å²) in [5.74, 6) is 0.00525. The highest BCUT2D eigenvalue weighted by atomic mass is 35.5. The first-order valence-electron chi connectivity index (χ1n) is 9.12. The summed E-state index contributed by atoms with van der Waals surface area (Å²) in [5.41, 5.74) is 1.98. The van der Waals surface area contributed by atoms with Crippen LogP contribution in [0.2, 0.25) is 5.02 Å². The summed E-state index contributed by atoms with van der Waals surface area (Å²) < 4.78 is 5.27. The number of carbonyl (C=O) groups is 1. The second kappa shape index (κ2) is 10.7. The van der Waals surface area contributed by atoms with Gasteiger partial charge in [0.25, 0.3) is 0 Å². The summed E-state index contributed by atoms with van der Waals surface area (Å²) in [6.45, 7) is 0.152. The maximum absolute atomic E-state index is 10.6. The predicted octanol–water partition coefficient (Wildman–Crippen LogP) is 4.18. The van der Waals surface area contributed by atoms with Crippen molar-refractivity contribution in [2.45, 2.75) is 37.3 Å². The van der Waals surface area contributed by atoms with Gasteiger partial charge in [0, 0.05) is 17.6 Å². The number of halogens is 2. The van der Waals surface area contributed by atoms with Gasteiger partial charge in [-0.25, -0.2) is 4.79 Å². The van der Waals surface area contributed by atoms with E-state index >= 15 is 0 Å². The van der Waals surface area contributed by atoms with Crippen LogP contribution >= 0.6 is 24.0 Å². The van der Waals surface area contributed by atoms with Gasteiger partial charge in [-0.15, -0.1) is 12.4 Å². The molecule has 1 saturated carbocycles. The minimum absolute atomic E-state index is 0. The maximum Gasteiger partial charge on any atom is 0.341 e. The van der Waals surface area contributed by atoms with Crippen LogP contribution in [0.15, 0.2) is 48.5 Å². The van der Waals surface area contributed by atoms with Crippen molar-refractivity contribution >= 4 is 30.0 Å². The fourth-order valence-corrected chi connectivity index (χ4v) is 3.78. The Labute approximate surface area is 176 Å². The van der Waals surface area contributed by atoms with Gasteiger partial charge in [-0.1, -0.05) is 35.9 Å². The Bertz CT molecular complexity index is 787. The molecule has 152 valence electrons. The van der Waals surface area contributed by atoms with Gasteiger partial charge < -0.3 is 20.3 Å². The summed E-state index contributed by atoms with van der Waals surface area (Å²) in [5, 5.41) is 23.1. The summed E-state index contributed by atoms with van der Waals surface area (Å²) in [4.78, 5) is 10.6. The molecule has 0 heterocycles. The van der Waals surface area contributed by atoms with Crippen LogP contribution in [0.4, 0.5) is 0 Å². The van der Waals surface area contributed by atoms with Gasteiger partial charge in [0.1, 0.15) is 5.75 Å². The van der Waals surface area contributed by atoms with Gasteiger partial charge in [-0.3, -0.25) is 0 Å². The number of aliphatic hydroxyl groups excluding tert-OH is 1. The molecule has 0 bridgehead atoms. The number of hydrogen-bond donors (Lipinski definition) is 3. The number of carboxylic acid groups (broad SMARTS) is 1. The molecular weight excluding hydrogens is 401 g/mol. The molecule has 3 atom stereocenters. The molecule has 0 radical (unpaired) electrons. The van der Waals surface area contributed by atoms with Gasteiger partial charge >= 0.3 is 5.97 Å². The Kier molecular flexibility index (Phi) is 8.58. The molecule has 2 aromatic carbocycles. The molecule has 1 fully saturated rings. The smallest absolute Gasteiger partial charge is 0.341 e. The van der Waals surface area contributed by atoms with Crippen molar-refractivity contribution in [2.24, 2.45) is 0 Å². The molecular formula is C21H25Cl2NO4. The number of ether oxygens (including phenoxy) is 1. The van der Waals surface area contributed by atoms with E-state index in [0.717, 1.165) is 30.4 Å². The zero-order valence-corrected chi connectivity index (χ0v) is 17.0. The van der Waals surface area contributed by atoms with Crippen molar-refractivity contribution in [2.75, 3.05) is 13.2 Å². The normalized spacial score (nSPS) is 19.6. The average Bonchev–Trinajstić information content (AvgIpc) is 3.14. The van der Waals surface area contributed by atoms with Crippen LogP contribution in [0, 0.1) is 0 Å². The Morgan fingerprint density at radius 1 is 1.21 bits per heavy atom. The van der Waals surface area contributed by atoms with Crippen LogP contribution in [0.3, 0.4) is 0 Å². The highest BCUT2D eigenvalue weighted by molar-refractivity contribution is 6.30. The standard InChI is InChI=1S/C21H24ClNO4.ClH/c22-17-5-1-4-16(9-17)20(24)12-23-18-8-7-15(10-18)14-3-2-6-19(11-14)27-13-21(25)26;/h1-6,9,11,15,18,20,23-24H,7-8,10,12-13H2,(H,25,26);1H. The molecule has 0 saturated heterocycles. The first kappa shape index (κ1) is 22.5. The molecule has 0 amide bonds. The molecule has 28 heavy (non-hydrogen) atoms. The first-order valence-corrected chi connectivity index (χ1v) is 9.50. The molecule has 3 N–H and O–H groups in total. The Hall–Kier alpha value is -1.79. The molecule has 1 aliphatic rings. The minimum atomic E-state index is -0.983. The monoisotopic (exact) mass is 425 g/mol. The number of aliphatic hydroxyl groups is 1. The van der Waals surface area contributed by atoms with Gasteiger partial charge in [0.15, 0.2) is 6.61 Å². The third-order valence-electron chi connectivity index (χ3n) is 4.96. The fourth-order valence-electron chi connectivity index (χ4n) is 3.58. The van der Waals surface area contributed by atoms with Gasteiger partial charge in [0.05, 0.1) is 6.10 Å². The molecule has 7 heteroatoms. The van der Waals surface area contributed by atoms with Crippen molar-refractivity contribution in [3.05, 3.63) is 64.7 Å². The topological polar surface area (TPSA) is 78.8 Å². The van der Waals surface area contributed by atoms with E-state index in [9.17, 15) is 9.90 Å². The van der Waals surface area contributed by atoms with Crippen LogP contribution in [0.25, 0.3) is 0 Å². The fraction of sp³-hybridized carbons (Fsp3) is 0.381. The highest BCUT2D eigenvalue weighted by Crippen LogP contribution is 2.36. The second-order valence-electron chi connectivity index (χ2n) is 6.94. The lowest BCUT2D eigenvalue weighted by Crippen LogP contribution is -2.30. The predicted molar refractivity (Wildman–Crippen MR) is 112 cm³/mol. The van der Waals surface area contributed by atoms with Crippen molar-refractivity contribution in [1.82, 2.24) is 5.32 Å². The van der Waals surface area contributed by atoms with Crippen molar-refractivity contribution in [3.63, 3.8) is 0 Å². The van der Waals surface area contributed by atoms with Crippen LogP contribution in [-0.2, 0) is 4.79 Å². The summed E-state index contributed by atoms with van der Waals surface area (Å²) in [6, 6.07) is 15.3. The lowest BCUT2D eigenvalue weighted by atomic mass is 9.97. The molecule has 5 nitrogen and oxygen atoms in total. The van der Waals surface area contributed by atoms with Gasteiger partial charge in [0.2, 0.25) is 0 Å². The average molecular weight is 426 g/mol. The van der Waals surface area contributed by atoms with E-state index in [-0.39, 0.29) is 19.0 Å². The summed E-state index contributed by atoms with van der Waals surface area (Å²) in [7, 11) is 0. The molecule has 0 aromatic heterocycles. The van der Waals surface area contributed by atoms with Crippen molar-refractivity contribution < 1.29 is 19.7 Å². The van der Waals surface area contributed by atoms with E-state index in [1.165, 1.54) is 0 Å². The molecule has 1 aliphatic carbocycles. The van der Waals surface area contributed by atoms with Crippen LogP contribution in [0.5, 0.6) is 5.75 Å². The molecule has 0 aliphatic heterocycles. The number of rotatable bonds is 8. The van der Waals surface area contributed by atoms with E-state index in [2.05, 4.69) is 11.4 Å². The van der Waals surface area contributed by atoms with Crippen LogP contribution in [-0.4, -0.2) is 35.4 Å². The van der Waals surface area contributed by atoms with Crippen molar-refractivity contribution in [1.29, 1.82) is 0 Å². The quantitative estimate of drug-likeness (QED) is 0.590. The van der Waals surface area contributed by atoms with Gasteiger partial charge in [-0.2, -0.15) is 0 Å². The second-order valence-corrected chi connectivity index (χ2v) is 7.38. The largest absolute Gasteiger partial charge is 0.482 e. The zero-order chi connectivity index (χ0) is 19.2. The van der Waals surface area contributed by atoms with E-state index in [1.807, 2.05) is 24.3 Å². The minimum Gasteiger partial charge on any atom is -0.482 e. The van der Waals surface area contributed by atoms with E-state index in [0.29, 0.717) is 29.3 Å². The van der Waals surface area contributed by atoms with E-state index < -0.39 is 12.1 Å². The Morgan fingerprint density at radius 3 is 2.75 bits per heavy atom. The number of aliphatic carboxylic acids is 1. The molecule has 2 aromatic rings. The zero-order valence-electron chi connectivity index (χ0n) is 15.4. The first-order chi connectivity index (χ1) is 13.0. The van der Waals surface area contributed by atoms with E-state index in [1.54, 1.807) is 18.2 Å². The highest BCUT2D eigenvalue weighted by Gasteiger charge is 2.26. The summed E-state index contributed by atoms with van der Waals surface area (Å²) >= 11 is 5.98. The third-order valence-corrected chi connectivity index (χ3v) is 5.19. The third kappa shape index (κ3) is 6.38. The maximum atomic E-state index is 10.6. The van der Waals surface area contributed by atoms with Crippen LogP contribution < -0.4 is 10.1 Å². The van der Waals surface area contributed by atoms with Gasteiger partial charge in [-0.05, 0) is 60.6 Å². The Morgan fingerprint density at radius 2 is 2.00 bits per heavy atom.